The van der Waals surface area contributed by atoms with Gasteiger partial charge in [-0.15, -0.1) is 0 Å². The van der Waals surface area contributed by atoms with Crippen molar-refractivity contribution < 1.29 is 0 Å². The van der Waals surface area contributed by atoms with E-state index in [0.717, 1.165) is 34.9 Å². The van der Waals surface area contributed by atoms with Crippen LogP contribution in [0.25, 0.3) is 0 Å². The predicted octanol–water partition coefficient (Wildman–Crippen LogP) is 4.47. The first kappa shape index (κ1) is 12.3. The molecule has 3 heteroatoms. The van der Waals surface area contributed by atoms with Crippen LogP contribution in [-0.2, 0) is 5.33 Å². The van der Waals surface area contributed by atoms with Gasteiger partial charge in [0.2, 0.25) is 0 Å². The van der Waals surface area contributed by atoms with E-state index in [9.17, 15) is 0 Å². The number of hydrogen-bond donors (Lipinski definition) is 0. The molecule has 1 aromatic rings. The summed E-state index contributed by atoms with van der Waals surface area (Å²) >= 11 is 9.66. The van der Waals surface area contributed by atoms with Crippen molar-refractivity contribution in [3.8, 4) is 0 Å². The van der Waals surface area contributed by atoms with E-state index in [4.69, 9.17) is 11.6 Å². The van der Waals surface area contributed by atoms with Crippen LogP contribution in [-0.4, -0.2) is 13.1 Å². The molecule has 1 nitrogen and oxygen atoms in total. The lowest BCUT2D eigenvalue weighted by Gasteiger charge is -2.32. The number of benzene rings is 1. The van der Waals surface area contributed by atoms with E-state index in [1.807, 2.05) is 0 Å². The summed E-state index contributed by atoms with van der Waals surface area (Å²) in [5.41, 5.74) is 2.43. The first-order valence-electron chi connectivity index (χ1n) is 5.80. The molecular weight excluding hydrogens is 286 g/mol. The molecule has 1 saturated heterocycles. The summed E-state index contributed by atoms with van der Waals surface area (Å²) in [5, 5.41) is 1.69. The highest BCUT2D eigenvalue weighted by Crippen LogP contribution is 2.28. The number of alkyl halides is 1. The topological polar surface area (TPSA) is 3.24 Å². The molecular formula is C13H17BrClN. The normalized spacial score (nSPS) is 17.8. The molecule has 0 amide bonds. The van der Waals surface area contributed by atoms with Crippen LogP contribution in [0.2, 0.25) is 5.02 Å². The van der Waals surface area contributed by atoms with Crippen molar-refractivity contribution in [3.63, 3.8) is 0 Å². The van der Waals surface area contributed by atoms with Crippen LogP contribution in [0.15, 0.2) is 18.2 Å². The molecule has 1 aliphatic rings. The Morgan fingerprint density at radius 2 is 2.06 bits per heavy atom. The minimum atomic E-state index is 0.823. The molecule has 2 rings (SSSR count). The maximum absolute atomic E-state index is 6.22. The van der Waals surface area contributed by atoms with E-state index in [-0.39, 0.29) is 0 Å². The first-order valence-corrected chi connectivity index (χ1v) is 7.30. The van der Waals surface area contributed by atoms with Crippen molar-refractivity contribution in [3.05, 3.63) is 28.8 Å². The second-order valence-electron chi connectivity index (χ2n) is 4.58. The van der Waals surface area contributed by atoms with Gasteiger partial charge >= 0.3 is 0 Å². The lowest BCUT2D eigenvalue weighted by molar-refractivity contribution is 0.438. The number of halogens is 2. The molecule has 0 radical (unpaired) electrons. The van der Waals surface area contributed by atoms with Crippen LogP contribution in [0.3, 0.4) is 0 Å². The zero-order chi connectivity index (χ0) is 11.5. The van der Waals surface area contributed by atoms with E-state index in [1.54, 1.807) is 0 Å². The van der Waals surface area contributed by atoms with Crippen molar-refractivity contribution in [1.82, 2.24) is 0 Å². The highest BCUT2D eigenvalue weighted by atomic mass is 79.9. The molecule has 0 atom stereocenters. The van der Waals surface area contributed by atoms with Crippen LogP contribution in [0.1, 0.15) is 25.3 Å². The van der Waals surface area contributed by atoms with Crippen LogP contribution in [0.4, 0.5) is 5.69 Å². The monoisotopic (exact) mass is 301 g/mol. The fourth-order valence-electron chi connectivity index (χ4n) is 2.11. The molecule has 0 aliphatic carbocycles. The smallest absolute Gasteiger partial charge is 0.0467 e. The van der Waals surface area contributed by atoms with Gasteiger partial charge in [-0.05, 0) is 36.5 Å². The van der Waals surface area contributed by atoms with Crippen LogP contribution in [0, 0.1) is 5.92 Å². The van der Waals surface area contributed by atoms with Crippen LogP contribution in [0.5, 0.6) is 0 Å². The fourth-order valence-corrected chi connectivity index (χ4v) is 3.00. The maximum atomic E-state index is 6.22. The fraction of sp³-hybridized carbons (Fsp3) is 0.538. The second kappa shape index (κ2) is 5.42. The summed E-state index contributed by atoms with van der Waals surface area (Å²) in [6, 6.07) is 6.39. The van der Waals surface area contributed by atoms with Gasteiger partial charge in [0.15, 0.2) is 0 Å². The number of piperidine rings is 1. The van der Waals surface area contributed by atoms with Crippen LogP contribution < -0.4 is 4.90 Å². The highest BCUT2D eigenvalue weighted by molar-refractivity contribution is 9.08. The minimum Gasteiger partial charge on any atom is -0.371 e. The quantitative estimate of drug-likeness (QED) is 0.729. The summed E-state index contributed by atoms with van der Waals surface area (Å²) in [4.78, 5) is 2.43. The lowest BCUT2D eigenvalue weighted by atomic mass is 9.99. The molecule has 1 fully saturated rings. The Morgan fingerprint density at radius 3 is 2.62 bits per heavy atom. The van der Waals surface area contributed by atoms with Gasteiger partial charge in [0.25, 0.3) is 0 Å². The highest BCUT2D eigenvalue weighted by Gasteiger charge is 2.16. The third-order valence-electron chi connectivity index (χ3n) is 3.33. The van der Waals surface area contributed by atoms with Crippen molar-refractivity contribution in [2.75, 3.05) is 18.0 Å². The molecule has 1 heterocycles. The Kier molecular flexibility index (Phi) is 4.15. The van der Waals surface area contributed by atoms with Gasteiger partial charge < -0.3 is 4.90 Å². The van der Waals surface area contributed by atoms with Crippen molar-refractivity contribution in [2.45, 2.75) is 25.1 Å². The van der Waals surface area contributed by atoms with Gasteiger partial charge in [-0.3, -0.25) is 0 Å². The van der Waals surface area contributed by atoms with E-state index in [0.29, 0.717) is 0 Å². The molecule has 0 N–H and O–H groups in total. The Labute approximate surface area is 111 Å². The average Bonchev–Trinajstić information content (AvgIpc) is 2.30. The first-order chi connectivity index (χ1) is 7.70. The molecule has 88 valence electrons. The molecule has 0 saturated carbocycles. The summed E-state index contributed by atoms with van der Waals surface area (Å²) < 4.78 is 0. The SMILES string of the molecule is CC1CCN(c2ccc(CBr)c(Cl)c2)CC1. The van der Waals surface area contributed by atoms with Gasteiger partial charge in [-0.1, -0.05) is 40.5 Å². The summed E-state index contributed by atoms with van der Waals surface area (Å²) in [6.45, 7) is 4.65. The summed E-state index contributed by atoms with van der Waals surface area (Å²) in [6.07, 6.45) is 2.58. The molecule has 0 unspecified atom stereocenters. The van der Waals surface area contributed by atoms with E-state index in [2.05, 4.69) is 46.0 Å². The van der Waals surface area contributed by atoms with Crippen molar-refractivity contribution >= 4 is 33.2 Å². The van der Waals surface area contributed by atoms with E-state index < -0.39 is 0 Å². The molecule has 16 heavy (non-hydrogen) atoms. The zero-order valence-electron chi connectivity index (χ0n) is 9.55. The Morgan fingerprint density at radius 1 is 1.38 bits per heavy atom. The summed E-state index contributed by atoms with van der Waals surface area (Å²) in [7, 11) is 0. The number of anilines is 1. The Bertz CT molecular complexity index is 359. The van der Waals surface area contributed by atoms with Gasteiger partial charge in [-0.25, -0.2) is 0 Å². The van der Waals surface area contributed by atoms with Crippen LogP contribution >= 0.6 is 27.5 Å². The van der Waals surface area contributed by atoms with Gasteiger partial charge in [0.1, 0.15) is 0 Å². The third-order valence-corrected chi connectivity index (χ3v) is 4.29. The molecule has 0 aromatic heterocycles. The standard InChI is InChI=1S/C13H17BrClN/c1-10-4-6-16(7-5-10)12-3-2-11(9-14)13(15)8-12/h2-3,8,10H,4-7,9H2,1H3. The average molecular weight is 303 g/mol. The van der Waals surface area contributed by atoms with Crippen molar-refractivity contribution in [1.29, 1.82) is 0 Å². The second-order valence-corrected chi connectivity index (χ2v) is 5.55. The largest absolute Gasteiger partial charge is 0.371 e. The van der Waals surface area contributed by atoms with Gasteiger partial charge in [0.05, 0.1) is 0 Å². The number of nitrogens with zero attached hydrogens (tertiary/aromatic N) is 1. The number of rotatable bonds is 2. The Hall–Kier alpha value is -0.210. The molecule has 0 bridgehead atoms. The zero-order valence-corrected chi connectivity index (χ0v) is 11.9. The molecule has 0 spiro atoms. The predicted molar refractivity (Wildman–Crippen MR) is 74.7 cm³/mol. The third kappa shape index (κ3) is 2.72. The summed E-state index contributed by atoms with van der Waals surface area (Å²) in [5.74, 6) is 0.869. The van der Waals surface area contributed by atoms with E-state index in [1.165, 1.54) is 18.5 Å². The number of hydrogen-bond acceptors (Lipinski definition) is 1. The molecule has 1 aliphatic heterocycles. The van der Waals surface area contributed by atoms with Crippen molar-refractivity contribution in [2.24, 2.45) is 5.92 Å². The van der Waals surface area contributed by atoms with Gasteiger partial charge in [-0.2, -0.15) is 0 Å². The van der Waals surface area contributed by atoms with Gasteiger partial charge in [0, 0.05) is 29.1 Å². The maximum Gasteiger partial charge on any atom is 0.0467 e. The van der Waals surface area contributed by atoms with E-state index >= 15 is 0 Å². The Balaban J connectivity index is 2.12. The molecule has 1 aromatic carbocycles. The minimum absolute atomic E-state index is 0.823. The lowest BCUT2D eigenvalue weighted by Crippen LogP contribution is -2.32.